The SMILES string of the molecule is CC[C@H](O)COP(=O)(O)OCC[N+](C)(C)C. The van der Waals surface area contributed by atoms with Crippen molar-refractivity contribution in [2.45, 2.75) is 19.4 Å². The third-order valence-electron chi connectivity index (χ3n) is 1.92. The van der Waals surface area contributed by atoms with E-state index in [1.54, 1.807) is 6.92 Å². The van der Waals surface area contributed by atoms with Crippen LogP contribution in [0.3, 0.4) is 0 Å². The van der Waals surface area contributed by atoms with Gasteiger partial charge in [-0.05, 0) is 6.42 Å². The molecule has 1 unspecified atom stereocenters. The van der Waals surface area contributed by atoms with Gasteiger partial charge in [0.05, 0.1) is 33.9 Å². The van der Waals surface area contributed by atoms with E-state index in [2.05, 4.69) is 4.52 Å². The number of aliphatic hydroxyl groups is 1. The van der Waals surface area contributed by atoms with Crippen LogP contribution in [-0.2, 0) is 13.6 Å². The Bertz CT molecular complexity index is 241. The largest absolute Gasteiger partial charge is 0.472 e. The molecule has 0 aliphatic carbocycles. The van der Waals surface area contributed by atoms with Gasteiger partial charge >= 0.3 is 7.82 Å². The van der Waals surface area contributed by atoms with Crippen LogP contribution in [0.4, 0.5) is 0 Å². The van der Waals surface area contributed by atoms with Crippen molar-refractivity contribution in [3.05, 3.63) is 0 Å². The first kappa shape index (κ1) is 16.0. The number of hydrogen-bond acceptors (Lipinski definition) is 4. The van der Waals surface area contributed by atoms with E-state index in [0.29, 0.717) is 17.4 Å². The molecular formula is C9H23NO5P+. The summed E-state index contributed by atoms with van der Waals surface area (Å²) in [5.74, 6) is 0. The molecule has 2 N–H and O–H groups in total. The molecule has 0 fully saturated rings. The van der Waals surface area contributed by atoms with Crippen LogP contribution in [0.25, 0.3) is 0 Å². The van der Waals surface area contributed by atoms with Crippen LogP contribution in [0.1, 0.15) is 13.3 Å². The maximum absolute atomic E-state index is 11.3. The van der Waals surface area contributed by atoms with Gasteiger partial charge in [-0.2, -0.15) is 0 Å². The number of phosphoric ester groups is 1. The number of nitrogens with zero attached hydrogens (tertiary/aromatic N) is 1. The fourth-order valence-electron chi connectivity index (χ4n) is 0.765. The minimum absolute atomic E-state index is 0.138. The lowest BCUT2D eigenvalue weighted by Gasteiger charge is -2.24. The summed E-state index contributed by atoms with van der Waals surface area (Å²) in [6.45, 7) is 2.31. The first-order valence-corrected chi connectivity index (χ1v) is 6.76. The number of phosphoric acid groups is 1. The number of quaternary nitrogens is 1. The zero-order chi connectivity index (χ0) is 12.8. The monoisotopic (exact) mass is 256 g/mol. The Morgan fingerprint density at radius 1 is 1.31 bits per heavy atom. The van der Waals surface area contributed by atoms with Crippen molar-refractivity contribution < 1.29 is 28.1 Å². The Morgan fingerprint density at radius 2 is 1.88 bits per heavy atom. The third-order valence-corrected chi connectivity index (χ3v) is 2.90. The lowest BCUT2D eigenvalue weighted by Crippen LogP contribution is -2.37. The number of rotatable bonds is 8. The molecule has 0 aromatic heterocycles. The van der Waals surface area contributed by atoms with Crippen LogP contribution in [0.15, 0.2) is 0 Å². The summed E-state index contributed by atoms with van der Waals surface area (Å²) in [4.78, 5) is 9.25. The molecule has 0 rings (SSSR count). The summed E-state index contributed by atoms with van der Waals surface area (Å²) in [6.07, 6.45) is -0.263. The first-order valence-electron chi connectivity index (χ1n) is 5.26. The molecule has 2 atom stereocenters. The highest BCUT2D eigenvalue weighted by Gasteiger charge is 2.23. The average molecular weight is 256 g/mol. The minimum atomic E-state index is -4.02. The Labute approximate surface area is 97.0 Å². The fraction of sp³-hybridized carbons (Fsp3) is 1.00. The highest BCUT2D eigenvalue weighted by Crippen LogP contribution is 2.43. The molecule has 0 aliphatic heterocycles. The van der Waals surface area contributed by atoms with Crippen molar-refractivity contribution in [3.63, 3.8) is 0 Å². The Balaban J connectivity index is 3.83. The standard InChI is InChI=1S/C9H22NO5P/c1-5-9(11)8-15-16(12,13)14-7-6-10(2,3)4/h9,11H,5-8H2,1-4H3/p+1/t9-/m0/s1. The molecule has 0 saturated carbocycles. The maximum atomic E-state index is 11.3. The highest BCUT2D eigenvalue weighted by atomic mass is 31.2. The lowest BCUT2D eigenvalue weighted by atomic mass is 10.3. The summed E-state index contributed by atoms with van der Waals surface area (Å²) < 4.78 is 21.3. The summed E-state index contributed by atoms with van der Waals surface area (Å²) in [6, 6.07) is 0. The third kappa shape index (κ3) is 9.27. The van der Waals surface area contributed by atoms with E-state index < -0.39 is 13.9 Å². The van der Waals surface area contributed by atoms with Gasteiger partial charge in [0.15, 0.2) is 0 Å². The van der Waals surface area contributed by atoms with E-state index in [0.717, 1.165) is 0 Å². The zero-order valence-corrected chi connectivity index (χ0v) is 11.3. The van der Waals surface area contributed by atoms with Gasteiger partial charge in [-0.15, -0.1) is 0 Å². The van der Waals surface area contributed by atoms with Gasteiger partial charge in [0.2, 0.25) is 0 Å². The molecule has 0 bridgehead atoms. The number of likely N-dealkylation sites (N-methyl/N-ethyl adjacent to an activating group) is 1. The molecular weight excluding hydrogens is 233 g/mol. The Hall–Kier alpha value is 0.0300. The van der Waals surface area contributed by atoms with Crippen molar-refractivity contribution >= 4 is 7.82 Å². The summed E-state index contributed by atoms with van der Waals surface area (Å²) >= 11 is 0. The molecule has 0 aliphatic rings. The lowest BCUT2D eigenvalue weighted by molar-refractivity contribution is -0.870. The Kier molecular flexibility index (Phi) is 6.70. The second-order valence-electron chi connectivity index (χ2n) is 4.67. The quantitative estimate of drug-likeness (QED) is 0.491. The normalized spacial score (nSPS) is 18.1. The van der Waals surface area contributed by atoms with Crippen molar-refractivity contribution in [2.75, 3.05) is 40.9 Å². The smallest absolute Gasteiger partial charge is 0.391 e. The van der Waals surface area contributed by atoms with Crippen molar-refractivity contribution in [1.82, 2.24) is 0 Å². The van der Waals surface area contributed by atoms with Gasteiger partial charge in [-0.1, -0.05) is 6.92 Å². The predicted molar refractivity (Wildman–Crippen MR) is 60.9 cm³/mol. The summed E-state index contributed by atoms with van der Waals surface area (Å²) in [7, 11) is 1.84. The van der Waals surface area contributed by atoms with Crippen molar-refractivity contribution in [3.8, 4) is 0 Å². The van der Waals surface area contributed by atoms with Crippen LogP contribution < -0.4 is 0 Å². The highest BCUT2D eigenvalue weighted by molar-refractivity contribution is 7.47. The molecule has 7 heteroatoms. The predicted octanol–water partition coefficient (Wildman–Crippen LogP) is 0.597. The summed E-state index contributed by atoms with van der Waals surface area (Å²) in [5.41, 5.74) is 0. The second-order valence-corrected chi connectivity index (χ2v) is 6.13. The summed E-state index contributed by atoms with van der Waals surface area (Å²) in [5, 5.41) is 9.16. The van der Waals surface area contributed by atoms with Crippen LogP contribution in [-0.4, -0.2) is 61.5 Å². The van der Waals surface area contributed by atoms with E-state index in [1.165, 1.54) is 0 Å². The molecule has 0 amide bonds. The topological polar surface area (TPSA) is 76.0 Å². The van der Waals surface area contributed by atoms with Gasteiger partial charge in [-0.25, -0.2) is 4.57 Å². The Morgan fingerprint density at radius 3 is 2.31 bits per heavy atom. The fourth-order valence-corrected chi connectivity index (χ4v) is 1.51. The molecule has 0 spiro atoms. The minimum Gasteiger partial charge on any atom is -0.391 e. The van der Waals surface area contributed by atoms with Gasteiger partial charge in [0.25, 0.3) is 0 Å². The van der Waals surface area contributed by atoms with Gasteiger partial charge in [-0.3, -0.25) is 9.05 Å². The molecule has 0 aromatic carbocycles. The van der Waals surface area contributed by atoms with Crippen LogP contribution >= 0.6 is 7.82 Å². The number of hydrogen-bond donors (Lipinski definition) is 2. The van der Waals surface area contributed by atoms with E-state index in [1.807, 2.05) is 21.1 Å². The molecule has 6 nitrogen and oxygen atoms in total. The van der Waals surface area contributed by atoms with Crippen molar-refractivity contribution in [1.29, 1.82) is 0 Å². The van der Waals surface area contributed by atoms with Gasteiger partial charge < -0.3 is 14.5 Å². The molecule has 0 radical (unpaired) electrons. The van der Waals surface area contributed by atoms with E-state index in [-0.39, 0.29) is 13.2 Å². The average Bonchev–Trinajstić information content (AvgIpc) is 2.12. The zero-order valence-electron chi connectivity index (χ0n) is 10.4. The second kappa shape index (κ2) is 6.69. The van der Waals surface area contributed by atoms with Crippen LogP contribution in [0, 0.1) is 0 Å². The van der Waals surface area contributed by atoms with Crippen LogP contribution in [0.5, 0.6) is 0 Å². The number of aliphatic hydroxyl groups excluding tert-OH is 1. The van der Waals surface area contributed by atoms with Gasteiger partial charge in [0.1, 0.15) is 13.2 Å². The van der Waals surface area contributed by atoms with E-state index in [4.69, 9.17) is 9.63 Å². The van der Waals surface area contributed by atoms with E-state index in [9.17, 15) is 9.46 Å². The molecule has 16 heavy (non-hydrogen) atoms. The molecule has 0 aromatic rings. The van der Waals surface area contributed by atoms with Crippen molar-refractivity contribution in [2.24, 2.45) is 0 Å². The molecule has 98 valence electrons. The molecule has 0 heterocycles. The van der Waals surface area contributed by atoms with Crippen LogP contribution in [0.2, 0.25) is 0 Å². The molecule has 0 saturated heterocycles. The first-order chi connectivity index (χ1) is 7.16. The maximum Gasteiger partial charge on any atom is 0.472 e. The van der Waals surface area contributed by atoms with E-state index >= 15 is 0 Å². The van der Waals surface area contributed by atoms with Gasteiger partial charge in [0, 0.05) is 0 Å².